The van der Waals surface area contributed by atoms with Gasteiger partial charge in [-0.15, -0.1) is 10.2 Å². The minimum Gasteiger partial charge on any atom is -0.335 e. The second kappa shape index (κ2) is 6.78. The molecule has 1 saturated heterocycles. The zero-order valence-electron chi connectivity index (χ0n) is 15.8. The Morgan fingerprint density at radius 1 is 1.00 bits per heavy atom. The largest absolute Gasteiger partial charge is 0.416 e. The maximum absolute atomic E-state index is 13.6. The van der Waals surface area contributed by atoms with E-state index in [0.29, 0.717) is 37.1 Å². The zero-order chi connectivity index (χ0) is 21.0. The van der Waals surface area contributed by atoms with Gasteiger partial charge in [-0.05, 0) is 54.4 Å². The number of carbonyl (C=O) groups is 1. The molecule has 2 aromatic heterocycles. The number of carbonyl (C=O) groups excluding carboxylic acids is 1. The summed E-state index contributed by atoms with van der Waals surface area (Å²) >= 11 is 0. The quantitative estimate of drug-likeness (QED) is 0.588. The Kier molecular flexibility index (Phi) is 4.30. The van der Waals surface area contributed by atoms with Gasteiger partial charge >= 0.3 is 6.18 Å². The van der Waals surface area contributed by atoms with Crippen LogP contribution in [-0.4, -0.2) is 38.5 Å². The van der Waals surface area contributed by atoms with Crippen LogP contribution in [0.5, 0.6) is 0 Å². The second-order valence-electron chi connectivity index (χ2n) is 8.08. The van der Waals surface area contributed by atoms with Crippen LogP contribution in [0, 0.1) is 17.7 Å². The van der Waals surface area contributed by atoms with Crippen molar-refractivity contribution in [1.29, 1.82) is 0 Å². The topological polar surface area (TPSA) is 50.5 Å². The molecule has 9 heteroatoms. The van der Waals surface area contributed by atoms with Crippen molar-refractivity contribution in [3.05, 3.63) is 65.4 Å². The molecule has 3 heterocycles. The van der Waals surface area contributed by atoms with Crippen molar-refractivity contribution in [3.8, 4) is 0 Å². The summed E-state index contributed by atoms with van der Waals surface area (Å²) in [7, 11) is 0. The average Bonchev–Trinajstić information content (AvgIpc) is 3.39. The summed E-state index contributed by atoms with van der Waals surface area (Å²) in [6.07, 6.45) is -1.99. The first-order chi connectivity index (χ1) is 14.3. The third-order valence-corrected chi connectivity index (χ3v) is 6.30. The minimum atomic E-state index is -4.37. The van der Waals surface area contributed by atoms with E-state index < -0.39 is 17.6 Å². The number of alkyl halides is 3. The highest BCUT2D eigenvalue weighted by atomic mass is 19.4. The lowest BCUT2D eigenvalue weighted by Gasteiger charge is -2.21. The second-order valence-corrected chi connectivity index (χ2v) is 8.08. The van der Waals surface area contributed by atoms with Crippen LogP contribution in [-0.2, 0) is 6.18 Å². The van der Waals surface area contributed by atoms with E-state index >= 15 is 0 Å². The van der Waals surface area contributed by atoms with Crippen molar-refractivity contribution in [2.75, 3.05) is 13.1 Å². The van der Waals surface area contributed by atoms with Gasteiger partial charge in [0.1, 0.15) is 5.82 Å². The molecule has 5 rings (SSSR count). The molecule has 1 aliphatic carbocycles. The molecule has 1 aromatic carbocycles. The minimum absolute atomic E-state index is 0.0449. The molecule has 0 bridgehead atoms. The Hall–Kier alpha value is -2.97. The fourth-order valence-corrected chi connectivity index (χ4v) is 4.98. The molecular weight excluding hydrogens is 400 g/mol. The van der Waals surface area contributed by atoms with Crippen LogP contribution in [0.2, 0.25) is 0 Å². The van der Waals surface area contributed by atoms with Crippen molar-refractivity contribution in [2.45, 2.75) is 24.9 Å². The van der Waals surface area contributed by atoms with Crippen molar-refractivity contribution in [2.24, 2.45) is 11.8 Å². The average molecular weight is 418 g/mol. The fraction of sp³-hybridized carbons (Fsp3) is 0.381. The summed E-state index contributed by atoms with van der Waals surface area (Å²) in [4.78, 5) is 14.6. The summed E-state index contributed by atoms with van der Waals surface area (Å²) in [5.74, 6) is -0.690. The number of hydrogen-bond acceptors (Lipinski definition) is 3. The first-order valence-corrected chi connectivity index (χ1v) is 9.77. The molecule has 2 aliphatic rings. The van der Waals surface area contributed by atoms with Crippen molar-refractivity contribution < 1.29 is 22.4 Å². The number of aromatic nitrogens is 3. The van der Waals surface area contributed by atoms with E-state index in [1.54, 1.807) is 17.0 Å². The standard InChI is InChI=1S/C21H18F4N4O/c22-15-5-6-18-26-27-19(29(18)11-15)20(30)28-9-13-7-12(8-14(13)10-28)16-3-1-2-4-17(16)21(23,24)25/h1-6,11-14H,7-10H2. The molecule has 2 fully saturated rings. The molecule has 1 saturated carbocycles. The Labute approximate surface area is 169 Å². The van der Waals surface area contributed by atoms with Crippen LogP contribution < -0.4 is 0 Å². The van der Waals surface area contributed by atoms with Crippen molar-refractivity contribution in [3.63, 3.8) is 0 Å². The molecule has 0 spiro atoms. The van der Waals surface area contributed by atoms with Gasteiger partial charge in [-0.3, -0.25) is 9.20 Å². The van der Waals surface area contributed by atoms with E-state index in [2.05, 4.69) is 10.2 Å². The molecule has 1 aliphatic heterocycles. The van der Waals surface area contributed by atoms with Gasteiger partial charge in [0.25, 0.3) is 5.91 Å². The number of halogens is 4. The Balaban J connectivity index is 1.33. The third kappa shape index (κ3) is 3.12. The van der Waals surface area contributed by atoms with Crippen LogP contribution in [0.1, 0.15) is 40.5 Å². The smallest absolute Gasteiger partial charge is 0.335 e. The zero-order valence-corrected chi connectivity index (χ0v) is 15.8. The summed E-state index contributed by atoms with van der Waals surface area (Å²) in [5.41, 5.74) is 0.152. The van der Waals surface area contributed by atoms with E-state index in [-0.39, 0.29) is 29.5 Å². The van der Waals surface area contributed by atoms with E-state index in [4.69, 9.17) is 0 Å². The van der Waals surface area contributed by atoms with Gasteiger partial charge < -0.3 is 4.90 Å². The molecular formula is C21H18F4N4O. The van der Waals surface area contributed by atoms with Gasteiger partial charge in [-0.1, -0.05) is 18.2 Å². The summed E-state index contributed by atoms with van der Waals surface area (Å²) in [5, 5.41) is 7.81. The van der Waals surface area contributed by atoms with E-state index in [0.717, 1.165) is 6.07 Å². The predicted octanol–water partition coefficient (Wildman–Crippen LogP) is 4.15. The van der Waals surface area contributed by atoms with E-state index in [9.17, 15) is 22.4 Å². The molecule has 0 N–H and O–H groups in total. The summed E-state index contributed by atoms with van der Waals surface area (Å²) in [6.45, 7) is 0.914. The van der Waals surface area contributed by atoms with Crippen LogP contribution in [0.15, 0.2) is 42.6 Å². The SMILES string of the molecule is O=C(c1nnc2ccc(F)cn12)N1CC2CC(c3ccccc3C(F)(F)F)CC2C1. The van der Waals surface area contributed by atoms with E-state index in [1.807, 2.05) is 0 Å². The lowest BCUT2D eigenvalue weighted by molar-refractivity contribution is -0.138. The van der Waals surface area contributed by atoms with Crippen LogP contribution in [0.3, 0.4) is 0 Å². The van der Waals surface area contributed by atoms with Gasteiger partial charge in [-0.2, -0.15) is 13.2 Å². The number of nitrogens with zero attached hydrogens (tertiary/aromatic N) is 4. The lowest BCUT2D eigenvalue weighted by Crippen LogP contribution is -2.31. The number of pyridine rings is 1. The maximum Gasteiger partial charge on any atom is 0.416 e. The molecule has 3 aromatic rings. The highest BCUT2D eigenvalue weighted by molar-refractivity contribution is 5.91. The van der Waals surface area contributed by atoms with Crippen LogP contribution in [0.25, 0.3) is 5.65 Å². The molecule has 156 valence electrons. The van der Waals surface area contributed by atoms with Crippen molar-refractivity contribution in [1.82, 2.24) is 19.5 Å². The Bertz CT molecular complexity index is 1110. The summed E-state index contributed by atoms with van der Waals surface area (Å²) in [6, 6.07) is 8.44. The van der Waals surface area contributed by atoms with Gasteiger partial charge in [0.2, 0.25) is 5.82 Å². The fourth-order valence-electron chi connectivity index (χ4n) is 4.98. The van der Waals surface area contributed by atoms with Crippen molar-refractivity contribution >= 4 is 11.6 Å². The van der Waals surface area contributed by atoms with Crippen LogP contribution in [0.4, 0.5) is 17.6 Å². The van der Waals surface area contributed by atoms with Gasteiger partial charge in [-0.25, -0.2) is 4.39 Å². The Morgan fingerprint density at radius 3 is 2.40 bits per heavy atom. The number of hydrogen-bond donors (Lipinski definition) is 0. The first kappa shape index (κ1) is 19.0. The number of rotatable bonds is 2. The Morgan fingerprint density at radius 2 is 1.70 bits per heavy atom. The molecule has 5 nitrogen and oxygen atoms in total. The molecule has 30 heavy (non-hydrogen) atoms. The number of amides is 1. The maximum atomic E-state index is 13.6. The summed E-state index contributed by atoms with van der Waals surface area (Å²) < 4.78 is 55.0. The molecule has 0 radical (unpaired) electrons. The number of benzene rings is 1. The van der Waals surface area contributed by atoms with Crippen LogP contribution >= 0.6 is 0 Å². The molecule has 1 amide bonds. The monoisotopic (exact) mass is 418 g/mol. The number of fused-ring (bicyclic) bond motifs is 2. The van der Waals surface area contributed by atoms with E-state index in [1.165, 1.54) is 28.8 Å². The number of likely N-dealkylation sites (tertiary alicyclic amines) is 1. The normalized spacial score (nSPS) is 23.9. The van der Waals surface area contributed by atoms with Gasteiger partial charge in [0.15, 0.2) is 5.65 Å². The van der Waals surface area contributed by atoms with Gasteiger partial charge in [0.05, 0.1) is 5.56 Å². The lowest BCUT2D eigenvalue weighted by atomic mass is 9.91. The van der Waals surface area contributed by atoms with Gasteiger partial charge in [0, 0.05) is 19.3 Å². The predicted molar refractivity (Wildman–Crippen MR) is 99.2 cm³/mol. The highest BCUT2D eigenvalue weighted by Crippen LogP contribution is 2.48. The first-order valence-electron chi connectivity index (χ1n) is 9.77. The third-order valence-electron chi connectivity index (χ3n) is 6.30. The molecule has 2 unspecified atom stereocenters. The molecule has 2 atom stereocenters. The highest BCUT2D eigenvalue weighted by Gasteiger charge is 2.45.